The summed E-state index contributed by atoms with van der Waals surface area (Å²) in [6, 6.07) is 4.86. The molecule has 1 aromatic carbocycles. The van der Waals surface area contributed by atoms with Crippen LogP contribution in [-0.2, 0) is 6.18 Å². The molecule has 120 valence electrons. The molecule has 0 saturated heterocycles. The molecule has 3 nitrogen and oxygen atoms in total. The van der Waals surface area contributed by atoms with Crippen molar-refractivity contribution in [3.8, 4) is 5.88 Å². The molecule has 0 aliphatic rings. The number of thiazole rings is 1. The Bertz CT molecular complexity index is 652. The molecule has 2 aromatic rings. The monoisotopic (exact) mass is 330 g/mol. The lowest BCUT2D eigenvalue weighted by molar-refractivity contribution is -0.138. The van der Waals surface area contributed by atoms with Crippen LogP contribution in [0.4, 0.5) is 18.3 Å². The van der Waals surface area contributed by atoms with E-state index in [9.17, 15) is 18.3 Å². The molecule has 0 radical (unpaired) electrons. The van der Waals surface area contributed by atoms with Gasteiger partial charge in [0.15, 0.2) is 5.13 Å². The second-order valence-electron chi connectivity index (χ2n) is 5.31. The quantitative estimate of drug-likeness (QED) is 0.813. The first-order valence-corrected chi connectivity index (χ1v) is 7.64. The van der Waals surface area contributed by atoms with E-state index in [-0.39, 0.29) is 17.4 Å². The van der Waals surface area contributed by atoms with E-state index in [1.54, 1.807) is 13.0 Å². The Morgan fingerprint density at radius 3 is 2.36 bits per heavy atom. The molecule has 0 fully saturated rings. The molecule has 0 unspecified atom stereocenters. The first-order chi connectivity index (χ1) is 10.2. The molecular formula is C15H17F3N2OS. The van der Waals surface area contributed by atoms with Crippen molar-refractivity contribution >= 4 is 16.5 Å². The van der Waals surface area contributed by atoms with Crippen LogP contribution in [0.5, 0.6) is 5.88 Å². The molecule has 1 atom stereocenters. The number of hydrogen-bond acceptors (Lipinski definition) is 4. The summed E-state index contributed by atoms with van der Waals surface area (Å²) in [6.45, 7) is 5.47. The number of anilines is 1. The smallest absolute Gasteiger partial charge is 0.416 e. The first kappa shape index (κ1) is 16.6. The Morgan fingerprint density at radius 1 is 1.18 bits per heavy atom. The van der Waals surface area contributed by atoms with Crippen molar-refractivity contribution in [2.45, 2.75) is 38.9 Å². The van der Waals surface area contributed by atoms with Crippen LogP contribution in [-0.4, -0.2) is 10.1 Å². The minimum Gasteiger partial charge on any atom is -0.492 e. The number of benzene rings is 1. The summed E-state index contributed by atoms with van der Waals surface area (Å²) >= 11 is 1.25. The van der Waals surface area contributed by atoms with Gasteiger partial charge in [-0.05, 0) is 24.5 Å². The average Bonchev–Trinajstić information content (AvgIpc) is 2.78. The topological polar surface area (TPSA) is 45.2 Å². The molecule has 0 spiro atoms. The van der Waals surface area contributed by atoms with E-state index in [0.29, 0.717) is 10.0 Å². The fourth-order valence-electron chi connectivity index (χ4n) is 2.16. The van der Waals surface area contributed by atoms with Crippen LogP contribution in [0.15, 0.2) is 24.3 Å². The van der Waals surface area contributed by atoms with Crippen molar-refractivity contribution in [2.24, 2.45) is 0 Å². The van der Waals surface area contributed by atoms with E-state index < -0.39 is 17.8 Å². The van der Waals surface area contributed by atoms with Crippen LogP contribution in [0.2, 0.25) is 0 Å². The van der Waals surface area contributed by atoms with E-state index >= 15 is 0 Å². The van der Waals surface area contributed by atoms with Gasteiger partial charge in [0, 0.05) is 0 Å². The van der Waals surface area contributed by atoms with E-state index in [1.165, 1.54) is 23.5 Å². The van der Waals surface area contributed by atoms with Crippen LogP contribution in [0, 0.1) is 0 Å². The van der Waals surface area contributed by atoms with E-state index in [1.807, 2.05) is 13.8 Å². The Hall–Kier alpha value is -1.76. The summed E-state index contributed by atoms with van der Waals surface area (Å²) in [5.41, 5.74) is -0.518. The van der Waals surface area contributed by atoms with Gasteiger partial charge in [-0.3, -0.25) is 0 Å². The van der Waals surface area contributed by atoms with Gasteiger partial charge < -0.3 is 10.4 Å². The molecule has 2 rings (SSSR count). The lowest BCUT2D eigenvalue weighted by Gasteiger charge is -2.19. The highest BCUT2D eigenvalue weighted by Crippen LogP contribution is 2.38. The number of hydrogen-bond donors (Lipinski definition) is 2. The minimum absolute atomic E-state index is 0.0705. The van der Waals surface area contributed by atoms with Gasteiger partial charge in [0.1, 0.15) is 0 Å². The van der Waals surface area contributed by atoms with Crippen molar-refractivity contribution < 1.29 is 18.3 Å². The van der Waals surface area contributed by atoms with Crippen molar-refractivity contribution in [1.29, 1.82) is 0 Å². The fraction of sp³-hybridized carbons (Fsp3) is 0.400. The van der Waals surface area contributed by atoms with Gasteiger partial charge in [-0.25, -0.2) is 0 Å². The molecule has 7 heteroatoms. The third-order valence-electron chi connectivity index (χ3n) is 3.23. The molecule has 1 heterocycles. The Morgan fingerprint density at radius 2 is 1.82 bits per heavy atom. The van der Waals surface area contributed by atoms with Gasteiger partial charge in [-0.2, -0.15) is 18.2 Å². The zero-order valence-corrected chi connectivity index (χ0v) is 13.2. The van der Waals surface area contributed by atoms with Gasteiger partial charge in [0.25, 0.3) is 0 Å². The highest BCUT2D eigenvalue weighted by molar-refractivity contribution is 7.16. The maximum absolute atomic E-state index is 13.0. The highest BCUT2D eigenvalue weighted by Gasteiger charge is 2.34. The zero-order chi connectivity index (χ0) is 16.5. The SMILES string of the molecule is CC(C)c1sc(N[C@@H](C)c2ccccc2C(F)(F)F)nc1O. The van der Waals surface area contributed by atoms with Crippen LogP contribution in [0.1, 0.15) is 48.7 Å². The number of aromatic hydroxyl groups is 1. The van der Waals surface area contributed by atoms with Gasteiger partial charge in [-0.1, -0.05) is 43.4 Å². The standard InChI is InChI=1S/C15H17F3N2OS/c1-8(2)12-13(21)20-14(22-12)19-9(3)10-6-4-5-7-11(10)15(16,17)18/h4-9,21H,1-3H3,(H,19,20)/t9-/m0/s1. The number of halogens is 3. The maximum atomic E-state index is 13.0. The summed E-state index contributed by atoms with van der Waals surface area (Å²) in [6.07, 6.45) is -4.40. The molecule has 1 aromatic heterocycles. The van der Waals surface area contributed by atoms with Crippen molar-refractivity contribution in [2.75, 3.05) is 5.32 Å². The van der Waals surface area contributed by atoms with Crippen molar-refractivity contribution in [3.05, 3.63) is 40.3 Å². The van der Waals surface area contributed by atoms with Crippen LogP contribution in [0.25, 0.3) is 0 Å². The van der Waals surface area contributed by atoms with E-state index in [4.69, 9.17) is 0 Å². The second-order valence-corrected chi connectivity index (χ2v) is 6.34. The van der Waals surface area contributed by atoms with Crippen LogP contribution >= 0.6 is 11.3 Å². The molecule has 0 bridgehead atoms. The lowest BCUT2D eigenvalue weighted by Crippen LogP contribution is -2.15. The molecule has 22 heavy (non-hydrogen) atoms. The number of rotatable bonds is 4. The summed E-state index contributed by atoms with van der Waals surface area (Å²) in [5, 5.41) is 13.1. The normalized spacial score (nSPS) is 13.4. The largest absolute Gasteiger partial charge is 0.492 e. The van der Waals surface area contributed by atoms with E-state index in [0.717, 1.165) is 6.07 Å². The number of nitrogens with one attached hydrogen (secondary N) is 1. The molecule has 2 N–H and O–H groups in total. The first-order valence-electron chi connectivity index (χ1n) is 6.82. The second kappa shape index (κ2) is 6.16. The van der Waals surface area contributed by atoms with Gasteiger partial charge in [0.2, 0.25) is 5.88 Å². The number of aromatic nitrogens is 1. The number of nitrogens with zero attached hydrogens (tertiary/aromatic N) is 1. The van der Waals surface area contributed by atoms with Gasteiger partial charge >= 0.3 is 6.18 Å². The third kappa shape index (κ3) is 3.52. The average molecular weight is 330 g/mol. The fourth-order valence-corrected chi connectivity index (χ4v) is 3.11. The molecule has 0 amide bonds. The van der Waals surface area contributed by atoms with E-state index in [2.05, 4.69) is 10.3 Å². The third-order valence-corrected chi connectivity index (χ3v) is 4.51. The Kier molecular flexibility index (Phi) is 4.65. The maximum Gasteiger partial charge on any atom is 0.416 e. The van der Waals surface area contributed by atoms with Crippen molar-refractivity contribution in [1.82, 2.24) is 4.98 Å². The Balaban J connectivity index is 2.27. The predicted octanol–water partition coefficient (Wildman–Crippen LogP) is 5.16. The highest BCUT2D eigenvalue weighted by atomic mass is 32.1. The van der Waals surface area contributed by atoms with Crippen LogP contribution < -0.4 is 5.32 Å². The number of alkyl halides is 3. The van der Waals surface area contributed by atoms with Gasteiger partial charge in [-0.15, -0.1) is 0 Å². The summed E-state index contributed by atoms with van der Waals surface area (Å²) in [4.78, 5) is 4.68. The molecule has 0 aliphatic carbocycles. The molecule has 0 saturated carbocycles. The predicted molar refractivity (Wildman–Crippen MR) is 81.3 cm³/mol. The summed E-state index contributed by atoms with van der Waals surface area (Å²) < 4.78 is 39.1. The van der Waals surface area contributed by atoms with Crippen molar-refractivity contribution in [3.63, 3.8) is 0 Å². The zero-order valence-electron chi connectivity index (χ0n) is 12.4. The molecular weight excluding hydrogens is 313 g/mol. The summed E-state index contributed by atoms with van der Waals surface area (Å²) in [7, 11) is 0. The Labute approximate surface area is 130 Å². The van der Waals surface area contributed by atoms with Crippen LogP contribution in [0.3, 0.4) is 0 Å². The van der Waals surface area contributed by atoms with Gasteiger partial charge in [0.05, 0.1) is 16.5 Å². The minimum atomic E-state index is -4.40. The molecule has 0 aliphatic heterocycles. The summed E-state index contributed by atoms with van der Waals surface area (Å²) in [5.74, 6) is 0.0321. The lowest BCUT2D eigenvalue weighted by atomic mass is 10.0.